The van der Waals surface area contributed by atoms with Gasteiger partial charge in [0.25, 0.3) is 0 Å². The molecule has 0 fully saturated rings. The molecule has 0 aliphatic rings. The van der Waals surface area contributed by atoms with Crippen LogP contribution in [0.1, 0.15) is 40.5 Å². The van der Waals surface area contributed by atoms with Gasteiger partial charge in [0, 0.05) is 6.07 Å². The van der Waals surface area contributed by atoms with Gasteiger partial charge in [0.15, 0.2) is 11.5 Å². The third-order valence-electron chi connectivity index (χ3n) is 2.69. The minimum Gasteiger partial charge on any atom is -0.490 e. The molecule has 5 nitrogen and oxygen atoms in total. The van der Waals surface area contributed by atoms with Crippen molar-refractivity contribution in [2.24, 2.45) is 5.92 Å². The summed E-state index contributed by atoms with van der Waals surface area (Å²) in [6.45, 7) is 8.95. The summed E-state index contributed by atoms with van der Waals surface area (Å²) in [5, 5.41) is 0. The Balaban J connectivity index is 2.92. The second-order valence-corrected chi connectivity index (χ2v) is 7.40. The molecular weight excluding hydrogens is 302 g/mol. The predicted octanol–water partition coefficient (Wildman–Crippen LogP) is 3.66. The Bertz CT molecular complexity index is 555. The lowest BCUT2D eigenvalue weighted by atomic mass is 10.3. The van der Waals surface area contributed by atoms with E-state index in [2.05, 4.69) is 4.72 Å². The number of ether oxygens (including phenoxy) is 2. The summed E-state index contributed by atoms with van der Waals surface area (Å²) in [5.41, 5.74) is 0.496. The Morgan fingerprint density at radius 3 is 2.18 bits per heavy atom. The van der Waals surface area contributed by atoms with Crippen LogP contribution in [0.5, 0.6) is 11.5 Å². The number of hydrogen-bond donors (Lipinski definition) is 1. The first kappa shape index (κ1) is 18.6. The molecule has 0 saturated carbocycles. The summed E-state index contributed by atoms with van der Waals surface area (Å²) in [4.78, 5) is 0. The van der Waals surface area contributed by atoms with Crippen molar-refractivity contribution >= 4 is 15.7 Å². The van der Waals surface area contributed by atoms with Crippen LogP contribution in [0.15, 0.2) is 18.2 Å². The van der Waals surface area contributed by atoms with Crippen LogP contribution in [-0.2, 0) is 10.0 Å². The van der Waals surface area contributed by atoms with Gasteiger partial charge in [0.2, 0.25) is 10.0 Å². The number of sulfonamides is 1. The highest BCUT2D eigenvalue weighted by Crippen LogP contribution is 2.31. The maximum absolute atomic E-state index is 12.0. The summed E-state index contributed by atoms with van der Waals surface area (Å²) >= 11 is 0. The van der Waals surface area contributed by atoms with Crippen LogP contribution in [0.3, 0.4) is 0 Å². The van der Waals surface area contributed by atoms with Gasteiger partial charge in [0.1, 0.15) is 0 Å². The van der Waals surface area contributed by atoms with E-state index in [4.69, 9.17) is 9.47 Å². The lowest BCUT2D eigenvalue weighted by Crippen LogP contribution is -2.20. The van der Waals surface area contributed by atoms with Crippen molar-refractivity contribution in [1.82, 2.24) is 0 Å². The summed E-state index contributed by atoms with van der Waals surface area (Å²) in [7, 11) is -3.35. The molecule has 0 unspecified atom stereocenters. The van der Waals surface area contributed by atoms with Crippen LogP contribution in [-0.4, -0.2) is 27.4 Å². The Labute approximate surface area is 134 Å². The topological polar surface area (TPSA) is 64.6 Å². The van der Waals surface area contributed by atoms with Gasteiger partial charge in [0.05, 0.1) is 24.7 Å². The quantitative estimate of drug-likeness (QED) is 0.711. The van der Waals surface area contributed by atoms with Crippen molar-refractivity contribution in [2.75, 3.05) is 23.7 Å². The molecule has 1 aromatic carbocycles. The zero-order valence-electron chi connectivity index (χ0n) is 13.9. The molecule has 0 amide bonds. The first-order valence-corrected chi connectivity index (χ1v) is 9.43. The highest BCUT2D eigenvalue weighted by Gasteiger charge is 2.14. The van der Waals surface area contributed by atoms with Gasteiger partial charge in [-0.2, -0.15) is 0 Å². The molecule has 1 N–H and O–H groups in total. The molecule has 0 atom stereocenters. The van der Waals surface area contributed by atoms with E-state index < -0.39 is 10.0 Å². The van der Waals surface area contributed by atoms with E-state index in [9.17, 15) is 8.42 Å². The number of benzene rings is 1. The normalized spacial score (nSPS) is 11.5. The van der Waals surface area contributed by atoms with Gasteiger partial charge < -0.3 is 9.47 Å². The lowest BCUT2D eigenvalue weighted by Gasteiger charge is -2.15. The van der Waals surface area contributed by atoms with E-state index in [1.54, 1.807) is 18.2 Å². The maximum Gasteiger partial charge on any atom is 0.232 e. The second kappa shape index (κ2) is 8.88. The fourth-order valence-electron chi connectivity index (χ4n) is 1.89. The molecule has 0 heterocycles. The van der Waals surface area contributed by atoms with Crippen LogP contribution in [0, 0.1) is 5.92 Å². The van der Waals surface area contributed by atoms with Crippen molar-refractivity contribution in [2.45, 2.75) is 40.5 Å². The Morgan fingerprint density at radius 2 is 1.64 bits per heavy atom. The third-order valence-corrected chi connectivity index (χ3v) is 4.35. The summed E-state index contributed by atoms with van der Waals surface area (Å²) < 4.78 is 37.9. The van der Waals surface area contributed by atoms with Crippen molar-refractivity contribution in [3.63, 3.8) is 0 Å². The van der Waals surface area contributed by atoms with Crippen molar-refractivity contribution < 1.29 is 17.9 Å². The molecule has 0 bridgehead atoms. The van der Waals surface area contributed by atoms with Gasteiger partial charge >= 0.3 is 0 Å². The Morgan fingerprint density at radius 1 is 1.05 bits per heavy atom. The third kappa shape index (κ3) is 6.56. The predicted molar refractivity (Wildman–Crippen MR) is 90.3 cm³/mol. The summed E-state index contributed by atoms with van der Waals surface area (Å²) in [6.07, 6.45) is 1.77. The van der Waals surface area contributed by atoms with Crippen LogP contribution in [0.25, 0.3) is 0 Å². The summed E-state index contributed by atoms with van der Waals surface area (Å²) in [5.74, 6) is 1.37. The highest BCUT2D eigenvalue weighted by molar-refractivity contribution is 7.92. The lowest BCUT2D eigenvalue weighted by molar-refractivity contribution is 0.268. The SMILES string of the molecule is CCCOc1ccc(NS(=O)(=O)CC(C)C)cc1OCCC. The molecule has 0 aliphatic carbocycles. The fraction of sp³-hybridized carbons (Fsp3) is 0.625. The molecule has 1 aromatic rings. The van der Waals surface area contributed by atoms with Crippen molar-refractivity contribution in [3.8, 4) is 11.5 Å². The number of rotatable bonds is 10. The highest BCUT2D eigenvalue weighted by atomic mass is 32.2. The first-order chi connectivity index (χ1) is 10.4. The Hall–Kier alpha value is -1.43. The van der Waals surface area contributed by atoms with Gasteiger partial charge in [-0.05, 0) is 30.9 Å². The van der Waals surface area contributed by atoms with Crippen LogP contribution >= 0.6 is 0 Å². The zero-order valence-corrected chi connectivity index (χ0v) is 14.7. The minimum absolute atomic E-state index is 0.0699. The van der Waals surface area contributed by atoms with E-state index in [1.807, 2.05) is 27.7 Å². The first-order valence-electron chi connectivity index (χ1n) is 7.78. The van der Waals surface area contributed by atoms with Gasteiger partial charge in [-0.25, -0.2) is 8.42 Å². The van der Waals surface area contributed by atoms with E-state index >= 15 is 0 Å². The van der Waals surface area contributed by atoms with Crippen molar-refractivity contribution in [1.29, 1.82) is 0 Å². The molecule has 0 aromatic heterocycles. The summed E-state index contributed by atoms with van der Waals surface area (Å²) in [6, 6.07) is 5.12. The molecule has 0 radical (unpaired) electrons. The zero-order chi connectivity index (χ0) is 16.6. The molecule has 0 aliphatic heterocycles. The van der Waals surface area contributed by atoms with E-state index in [1.165, 1.54) is 0 Å². The van der Waals surface area contributed by atoms with E-state index in [0.29, 0.717) is 30.4 Å². The average Bonchev–Trinajstić information content (AvgIpc) is 2.42. The second-order valence-electron chi connectivity index (χ2n) is 5.64. The molecule has 22 heavy (non-hydrogen) atoms. The number of nitrogens with one attached hydrogen (secondary N) is 1. The molecule has 1 rings (SSSR count). The molecule has 6 heteroatoms. The maximum atomic E-state index is 12.0. The van der Waals surface area contributed by atoms with E-state index in [-0.39, 0.29) is 11.7 Å². The number of anilines is 1. The fourth-order valence-corrected chi connectivity index (χ4v) is 3.33. The van der Waals surface area contributed by atoms with Gasteiger partial charge in [-0.15, -0.1) is 0 Å². The molecule has 0 spiro atoms. The van der Waals surface area contributed by atoms with Crippen LogP contribution in [0.4, 0.5) is 5.69 Å². The average molecular weight is 329 g/mol. The van der Waals surface area contributed by atoms with E-state index in [0.717, 1.165) is 12.8 Å². The monoisotopic (exact) mass is 329 g/mol. The van der Waals surface area contributed by atoms with Gasteiger partial charge in [-0.3, -0.25) is 4.72 Å². The molecule has 0 saturated heterocycles. The van der Waals surface area contributed by atoms with Gasteiger partial charge in [-0.1, -0.05) is 27.7 Å². The van der Waals surface area contributed by atoms with Crippen LogP contribution in [0.2, 0.25) is 0 Å². The van der Waals surface area contributed by atoms with Crippen LogP contribution < -0.4 is 14.2 Å². The number of hydrogen-bond acceptors (Lipinski definition) is 4. The standard InChI is InChI=1S/C16H27NO4S/c1-5-9-20-15-8-7-14(11-16(15)21-10-6-2)17-22(18,19)12-13(3)4/h7-8,11,13,17H,5-6,9-10,12H2,1-4H3. The minimum atomic E-state index is -3.35. The molecule has 126 valence electrons. The van der Waals surface area contributed by atoms with Crippen molar-refractivity contribution in [3.05, 3.63) is 18.2 Å². The largest absolute Gasteiger partial charge is 0.490 e. The Kier molecular flexibility index (Phi) is 7.51. The smallest absolute Gasteiger partial charge is 0.232 e. The molecular formula is C16H27NO4S.